The van der Waals surface area contributed by atoms with E-state index < -0.39 is 10.2 Å². The van der Waals surface area contributed by atoms with Gasteiger partial charge in [-0.2, -0.15) is 17.0 Å². The summed E-state index contributed by atoms with van der Waals surface area (Å²) in [5.41, 5.74) is 5.30. The van der Waals surface area contributed by atoms with E-state index in [1.165, 1.54) is 23.9 Å². The maximum atomic E-state index is 13.6. The lowest BCUT2D eigenvalue weighted by molar-refractivity contribution is 0.306. The first-order valence-electron chi connectivity index (χ1n) is 13.3. The Morgan fingerprint density at radius 3 is 2.36 bits per heavy atom. The molecule has 6 nitrogen and oxygen atoms in total. The van der Waals surface area contributed by atoms with Crippen LogP contribution in [0.1, 0.15) is 54.9 Å². The highest BCUT2D eigenvalue weighted by Gasteiger charge is 2.71. The van der Waals surface area contributed by atoms with Crippen LogP contribution in [0.3, 0.4) is 0 Å². The van der Waals surface area contributed by atoms with Crippen molar-refractivity contribution in [3.05, 3.63) is 94.8 Å². The summed E-state index contributed by atoms with van der Waals surface area (Å²) in [6.07, 6.45) is 4.24. The number of benzene rings is 3. The molecule has 3 fully saturated rings. The van der Waals surface area contributed by atoms with Gasteiger partial charge in [0.25, 0.3) is 10.2 Å². The Bertz CT molecular complexity index is 1460. The molecule has 0 aromatic heterocycles. The summed E-state index contributed by atoms with van der Waals surface area (Å²) in [5, 5.41) is 11.5. The van der Waals surface area contributed by atoms with Crippen LogP contribution in [-0.4, -0.2) is 49.4 Å². The molecule has 206 valence electrons. The maximum absolute atomic E-state index is 13.6. The van der Waals surface area contributed by atoms with Crippen LogP contribution in [0.5, 0.6) is 0 Å². The molecule has 0 amide bonds. The zero-order valence-electron chi connectivity index (χ0n) is 21.5. The second-order valence-electron chi connectivity index (χ2n) is 10.8. The average Bonchev–Trinajstić information content (AvgIpc) is 3.39. The fraction of sp³-hybridized carbons (Fsp3) is 0.387. The number of nitrogens with one attached hydrogen (secondary N) is 2. The fourth-order valence-corrected chi connectivity index (χ4v) is 8.57. The van der Waals surface area contributed by atoms with Gasteiger partial charge in [-0.25, -0.2) is 4.39 Å². The molecule has 3 atom stereocenters. The van der Waals surface area contributed by atoms with Gasteiger partial charge in [-0.3, -0.25) is 0 Å². The SMILES string of the molecule is C.Cc1cc(Nc2ccc(F)cc2)c(C=N)cc1[C@@]12CN(S(=O)(=O)N3CCCCC3)C[C@@H]1[C@H]2c1ccccc1. The van der Waals surface area contributed by atoms with Gasteiger partial charge < -0.3 is 10.7 Å². The molecule has 3 aliphatic rings. The van der Waals surface area contributed by atoms with Gasteiger partial charge in [-0.1, -0.05) is 44.2 Å². The summed E-state index contributed by atoms with van der Waals surface area (Å²) in [6, 6.07) is 20.6. The van der Waals surface area contributed by atoms with E-state index in [0.29, 0.717) is 26.2 Å². The van der Waals surface area contributed by atoms with Gasteiger partial charge in [0.1, 0.15) is 5.82 Å². The molecule has 0 bridgehead atoms. The number of rotatable bonds is 7. The summed E-state index contributed by atoms with van der Waals surface area (Å²) < 4.78 is 44.1. The standard InChI is InChI=1S/C30H33FN4O2S.CH4/c1-21-16-28(33-25-12-10-24(31)11-13-25)23(18-32)17-26(21)30-20-35(38(36,37)34-14-6-3-7-15-34)19-27(30)29(30)22-8-4-2-5-9-22;/h2,4-5,8-13,16-18,27,29,32-33H,3,6-7,14-15,19-20H2,1H3;1H4/t27-,29-,30+;/m1./s1. The second kappa shape index (κ2) is 10.5. The number of piperidine rings is 2. The Morgan fingerprint density at radius 1 is 1.00 bits per heavy atom. The topological polar surface area (TPSA) is 76.5 Å². The minimum absolute atomic E-state index is 0. The van der Waals surface area contributed by atoms with Crippen molar-refractivity contribution < 1.29 is 12.8 Å². The predicted molar refractivity (Wildman–Crippen MR) is 156 cm³/mol. The van der Waals surface area contributed by atoms with Crippen LogP contribution in [0, 0.1) is 24.1 Å². The highest BCUT2D eigenvalue weighted by atomic mass is 32.2. The van der Waals surface area contributed by atoms with Crippen LogP contribution in [0.4, 0.5) is 15.8 Å². The Hall–Kier alpha value is -3.07. The van der Waals surface area contributed by atoms with E-state index in [1.807, 2.05) is 24.3 Å². The minimum Gasteiger partial charge on any atom is -0.355 e. The Balaban J connectivity index is 0.00000308. The average molecular weight is 549 g/mol. The highest BCUT2D eigenvalue weighted by Crippen LogP contribution is 2.70. The number of anilines is 2. The third kappa shape index (κ3) is 4.68. The molecule has 0 radical (unpaired) electrons. The molecule has 0 unspecified atom stereocenters. The number of fused-ring (bicyclic) bond motifs is 1. The number of nitrogens with zero attached hydrogens (tertiary/aromatic N) is 2. The van der Waals surface area contributed by atoms with Gasteiger partial charge >= 0.3 is 0 Å². The molecule has 8 heteroatoms. The molecule has 39 heavy (non-hydrogen) atoms. The molecule has 1 saturated carbocycles. The van der Waals surface area contributed by atoms with Crippen molar-refractivity contribution in [3.63, 3.8) is 0 Å². The van der Waals surface area contributed by atoms with Crippen molar-refractivity contribution in [2.75, 3.05) is 31.5 Å². The Labute approximate surface area is 231 Å². The van der Waals surface area contributed by atoms with E-state index in [4.69, 9.17) is 5.41 Å². The molecule has 2 saturated heterocycles. The molecular formula is C31H37FN4O2S. The zero-order valence-corrected chi connectivity index (χ0v) is 22.3. The van der Waals surface area contributed by atoms with Crippen LogP contribution in [-0.2, 0) is 15.6 Å². The molecule has 1 aliphatic carbocycles. The maximum Gasteiger partial charge on any atom is 0.282 e. The molecule has 6 rings (SSSR count). The number of aryl methyl sites for hydroxylation is 1. The van der Waals surface area contributed by atoms with Crippen molar-refractivity contribution in [2.45, 2.75) is 44.9 Å². The normalized spacial score (nSPS) is 25.0. The van der Waals surface area contributed by atoms with Crippen LogP contribution in [0.25, 0.3) is 0 Å². The molecule has 2 aliphatic heterocycles. The van der Waals surface area contributed by atoms with Crippen molar-refractivity contribution in [1.82, 2.24) is 8.61 Å². The van der Waals surface area contributed by atoms with Crippen molar-refractivity contribution in [1.29, 1.82) is 5.41 Å². The quantitative estimate of drug-likeness (QED) is 0.345. The summed E-state index contributed by atoms with van der Waals surface area (Å²) in [5.74, 6) is 0.104. The van der Waals surface area contributed by atoms with E-state index in [-0.39, 0.29) is 30.5 Å². The van der Waals surface area contributed by atoms with Crippen molar-refractivity contribution in [2.24, 2.45) is 5.92 Å². The zero-order chi connectivity index (χ0) is 26.5. The molecule has 0 spiro atoms. The lowest BCUT2D eigenvalue weighted by atomic mass is 9.86. The van der Waals surface area contributed by atoms with Crippen LogP contribution in [0.15, 0.2) is 66.7 Å². The van der Waals surface area contributed by atoms with Gasteiger partial charge in [0, 0.05) is 60.7 Å². The van der Waals surface area contributed by atoms with Crippen molar-refractivity contribution in [3.8, 4) is 0 Å². The van der Waals surface area contributed by atoms with Gasteiger partial charge in [0.15, 0.2) is 0 Å². The number of hydrogen-bond donors (Lipinski definition) is 2. The van der Waals surface area contributed by atoms with Gasteiger partial charge in [-0.05, 0) is 78.8 Å². The molecule has 2 heterocycles. The molecule has 2 N–H and O–H groups in total. The fourth-order valence-electron chi connectivity index (χ4n) is 6.80. The lowest BCUT2D eigenvalue weighted by Crippen LogP contribution is -2.46. The minimum atomic E-state index is -3.52. The molecule has 3 aromatic rings. The summed E-state index contributed by atoms with van der Waals surface area (Å²) >= 11 is 0. The van der Waals surface area contributed by atoms with E-state index in [9.17, 15) is 12.8 Å². The third-order valence-electron chi connectivity index (χ3n) is 8.65. The lowest BCUT2D eigenvalue weighted by Gasteiger charge is -2.32. The monoisotopic (exact) mass is 548 g/mol. The van der Waals surface area contributed by atoms with Crippen molar-refractivity contribution >= 4 is 27.8 Å². The predicted octanol–water partition coefficient (Wildman–Crippen LogP) is 6.21. The Morgan fingerprint density at radius 2 is 1.69 bits per heavy atom. The summed E-state index contributed by atoms with van der Waals surface area (Å²) in [7, 11) is -3.52. The van der Waals surface area contributed by atoms with E-state index >= 15 is 0 Å². The third-order valence-corrected chi connectivity index (χ3v) is 10.6. The van der Waals surface area contributed by atoms with E-state index in [0.717, 1.165) is 47.3 Å². The van der Waals surface area contributed by atoms with E-state index in [2.05, 4.69) is 30.4 Å². The number of hydrogen-bond acceptors (Lipinski definition) is 4. The van der Waals surface area contributed by atoms with E-state index in [1.54, 1.807) is 20.7 Å². The summed E-state index contributed by atoms with van der Waals surface area (Å²) in [6.45, 7) is 4.21. The van der Waals surface area contributed by atoms with Crippen LogP contribution in [0.2, 0.25) is 0 Å². The second-order valence-corrected chi connectivity index (χ2v) is 12.8. The largest absolute Gasteiger partial charge is 0.355 e. The number of halogens is 1. The molecular weight excluding hydrogens is 511 g/mol. The van der Waals surface area contributed by atoms with Gasteiger partial charge in [0.05, 0.1) is 0 Å². The first-order valence-corrected chi connectivity index (χ1v) is 14.7. The first-order chi connectivity index (χ1) is 18.3. The van der Waals surface area contributed by atoms with Gasteiger partial charge in [-0.15, -0.1) is 0 Å². The van der Waals surface area contributed by atoms with Crippen LogP contribution >= 0.6 is 0 Å². The highest BCUT2D eigenvalue weighted by molar-refractivity contribution is 7.86. The van der Waals surface area contributed by atoms with Gasteiger partial charge in [0.2, 0.25) is 0 Å². The Kier molecular flexibility index (Phi) is 7.39. The van der Waals surface area contributed by atoms with Crippen LogP contribution < -0.4 is 5.32 Å². The molecule has 3 aromatic carbocycles. The smallest absolute Gasteiger partial charge is 0.282 e. The summed E-state index contributed by atoms with van der Waals surface area (Å²) in [4.78, 5) is 0. The first kappa shape index (κ1) is 27.5.